The summed E-state index contributed by atoms with van der Waals surface area (Å²) in [5, 5.41) is 3.43. The van der Waals surface area contributed by atoms with E-state index >= 15 is 0 Å². The van der Waals surface area contributed by atoms with Crippen molar-refractivity contribution in [3.05, 3.63) is 47.5 Å². The average molecular weight is 336 g/mol. The van der Waals surface area contributed by atoms with Gasteiger partial charge in [0.1, 0.15) is 0 Å². The fourth-order valence-corrected chi connectivity index (χ4v) is 2.62. The van der Waals surface area contributed by atoms with Gasteiger partial charge in [0.2, 0.25) is 11.8 Å². The first-order valence-corrected chi connectivity index (χ1v) is 8.08. The van der Waals surface area contributed by atoms with Gasteiger partial charge in [-0.05, 0) is 17.7 Å². The fourth-order valence-electron chi connectivity index (χ4n) is 2.49. The van der Waals surface area contributed by atoms with Crippen LogP contribution in [0.2, 0.25) is 5.02 Å². The van der Waals surface area contributed by atoms with Crippen LogP contribution in [0.15, 0.2) is 36.9 Å². The number of nitrogens with zero attached hydrogens (tertiary/aromatic N) is 2. The van der Waals surface area contributed by atoms with E-state index in [4.69, 9.17) is 11.6 Å². The van der Waals surface area contributed by atoms with E-state index in [1.165, 1.54) is 0 Å². The molecule has 0 unspecified atom stereocenters. The Morgan fingerprint density at radius 2 is 1.83 bits per heavy atom. The summed E-state index contributed by atoms with van der Waals surface area (Å²) in [4.78, 5) is 27.9. The topological polar surface area (TPSA) is 52.7 Å². The number of benzene rings is 1. The number of carbonyl (C=O) groups excluding carboxylic acids is 2. The fraction of sp³-hybridized carbons (Fsp3) is 0.412. The first kappa shape index (κ1) is 17.5. The van der Waals surface area contributed by atoms with Crippen molar-refractivity contribution >= 4 is 23.4 Å². The summed E-state index contributed by atoms with van der Waals surface area (Å²) >= 11 is 5.85. The van der Waals surface area contributed by atoms with Crippen molar-refractivity contribution in [2.75, 3.05) is 39.3 Å². The molecule has 1 aromatic carbocycles. The summed E-state index contributed by atoms with van der Waals surface area (Å²) in [7, 11) is 0. The van der Waals surface area contributed by atoms with E-state index in [9.17, 15) is 9.59 Å². The number of nitrogens with one attached hydrogen (secondary N) is 1. The van der Waals surface area contributed by atoms with Crippen LogP contribution in [0.3, 0.4) is 0 Å². The Labute approximate surface area is 141 Å². The molecular formula is C17H22ClN3O2. The Morgan fingerprint density at radius 1 is 1.17 bits per heavy atom. The molecule has 124 valence electrons. The van der Waals surface area contributed by atoms with Gasteiger partial charge in [-0.3, -0.25) is 14.5 Å². The molecule has 6 heteroatoms. The zero-order valence-electron chi connectivity index (χ0n) is 13.1. The van der Waals surface area contributed by atoms with Crippen molar-refractivity contribution in [3.63, 3.8) is 0 Å². The van der Waals surface area contributed by atoms with Gasteiger partial charge < -0.3 is 10.2 Å². The van der Waals surface area contributed by atoms with Crippen LogP contribution in [0.4, 0.5) is 0 Å². The monoisotopic (exact) mass is 335 g/mol. The Kier molecular flexibility index (Phi) is 6.62. The van der Waals surface area contributed by atoms with E-state index in [2.05, 4.69) is 16.8 Å². The van der Waals surface area contributed by atoms with E-state index in [0.29, 0.717) is 50.7 Å². The summed E-state index contributed by atoms with van der Waals surface area (Å²) in [6.45, 7) is 7.16. The Hall–Kier alpha value is -1.85. The van der Waals surface area contributed by atoms with Crippen LogP contribution in [-0.4, -0.2) is 60.9 Å². The second-order valence-electron chi connectivity index (χ2n) is 5.55. The van der Waals surface area contributed by atoms with Crippen LogP contribution in [-0.2, 0) is 16.0 Å². The minimum Gasteiger partial charge on any atom is -0.352 e. The Morgan fingerprint density at radius 3 is 2.43 bits per heavy atom. The van der Waals surface area contributed by atoms with Gasteiger partial charge in [-0.25, -0.2) is 0 Å². The number of hydrogen-bond donors (Lipinski definition) is 1. The second-order valence-corrected chi connectivity index (χ2v) is 5.99. The lowest BCUT2D eigenvalue weighted by atomic mass is 10.1. The Bertz CT molecular complexity index is 551. The van der Waals surface area contributed by atoms with Crippen molar-refractivity contribution < 1.29 is 9.59 Å². The lowest BCUT2D eigenvalue weighted by Gasteiger charge is -2.34. The molecule has 1 saturated heterocycles. The highest BCUT2D eigenvalue weighted by atomic mass is 35.5. The average Bonchev–Trinajstić information content (AvgIpc) is 2.55. The van der Waals surface area contributed by atoms with Crippen molar-refractivity contribution in [2.24, 2.45) is 0 Å². The molecule has 2 amide bonds. The van der Waals surface area contributed by atoms with Crippen molar-refractivity contribution in [1.29, 1.82) is 0 Å². The zero-order chi connectivity index (χ0) is 16.7. The third-order valence-corrected chi connectivity index (χ3v) is 4.06. The number of amides is 2. The molecular weight excluding hydrogens is 314 g/mol. The van der Waals surface area contributed by atoms with Gasteiger partial charge in [0.15, 0.2) is 0 Å². The SMILES string of the molecule is C=CCNC(=O)CN1CCN(C(=O)Cc2ccc(Cl)cc2)CC1. The molecule has 23 heavy (non-hydrogen) atoms. The van der Waals surface area contributed by atoms with Crippen LogP contribution < -0.4 is 5.32 Å². The minimum absolute atomic E-state index is 0.00848. The molecule has 1 heterocycles. The van der Waals surface area contributed by atoms with E-state index in [-0.39, 0.29) is 11.8 Å². The molecule has 0 aromatic heterocycles. The molecule has 0 aliphatic carbocycles. The van der Waals surface area contributed by atoms with Gasteiger partial charge in [0.05, 0.1) is 13.0 Å². The summed E-state index contributed by atoms with van der Waals surface area (Å²) < 4.78 is 0. The van der Waals surface area contributed by atoms with Gasteiger partial charge in [0, 0.05) is 37.7 Å². The molecule has 1 aromatic rings. The summed E-state index contributed by atoms with van der Waals surface area (Å²) in [5.41, 5.74) is 0.964. The molecule has 1 aliphatic rings. The molecule has 2 rings (SSSR count). The number of halogens is 1. The van der Waals surface area contributed by atoms with Gasteiger partial charge >= 0.3 is 0 Å². The normalized spacial score (nSPS) is 15.3. The maximum atomic E-state index is 12.3. The van der Waals surface area contributed by atoms with Crippen molar-refractivity contribution in [3.8, 4) is 0 Å². The maximum Gasteiger partial charge on any atom is 0.234 e. The van der Waals surface area contributed by atoms with E-state index in [1.807, 2.05) is 17.0 Å². The predicted molar refractivity (Wildman–Crippen MR) is 91.4 cm³/mol. The second kappa shape index (κ2) is 8.70. The summed E-state index contributed by atoms with van der Waals surface area (Å²) in [6.07, 6.45) is 2.04. The van der Waals surface area contributed by atoms with Crippen LogP contribution in [0.25, 0.3) is 0 Å². The highest BCUT2D eigenvalue weighted by molar-refractivity contribution is 6.30. The molecule has 0 saturated carbocycles. The molecule has 0 radical (unpaired) electrons. The number of hydrogen-bond acceptors (Lipinski definition) is 3. The third-order valence-electron chi connectivity index (χ3n) is 3.80. The largest absolute Gasteiger partial charge is 0.352 e. The standard InChI is InChI=1S/C17H22ClN3O2/c1-2-7-19-16(22)13-20-8-10-21(11-9-20)17(23)12-14-3-5-15(18)6-4-14/h2-6H,1,7-13H2,(H,19,22). The van der Waals surface area contributed by atoms with E-state index in [1.54, 1.807) is 18.2 Å². The highest BCUT2D eigenvalue weighted by Gasteiger charge is 2.22. The number of rotatable bonds is 6. The molecule has 1 aliphatic heterocycles. The smallest absolute Gasteiger partial charge is 0.234 e. The van der Waals surface area contributed by atoms with Crippen LogP contribution in [0.5, 0.6) is 0 Å². The van der Waals surface area contributed by atoms with E-state index < -0.39 is 0 Å². The number of carbonyl (C=O) groups is 2. The summed E-state index contributed by atoms with van der Waals surface area (Å²) in [6, 6.07) is 7.34. The lowest BCUT2D eigenvalue weighted by Crippen LogP contribution is -2.51. The molecule has 5 nitrogen and oxygen atoms in total. The van der Waals surface area contributed by atoms with Gasteiger partial charge in [-0.2, -0.15) is 0 Å². The van der Waals surface area contributed by atoms with Gasteiger partial charge in [-0.1, -0.05) is 29.8 Å². The van der Waals surface area contributed by atoms with Crippen molar-refractivity contribution in [2.45, 2.75) is 6.42 Å². The Balaban J connectivity index is 1.75. The third kappa shape index (κ3) is 5.69. The van der Waals surface area contributed by atoms with Gasteiger partial charge in [0.25, 0.3) is 0 Å². The van der Waals surface area contributed by atoms with Crippen LogP contribution in [0, 0.1) is 0 Å². The maximum absolute atomic E-state index is 12.3. The predicted octanol–water partition coefficient (Wildman–Crippen LogP) is 1.33. The highest BCUT2D eigenvalue weighted by Crippen LogP contribution is 2.11. The quantitative estimate of drug-likeness (QED) is 0.798. The molecule has 1 fully saturated rings. The minimum atomic E-state index is -0.00848. The first-order chi connectivity index (χ1) is 11.1. The molecule has 0 bridgehead atoms. The zero-order valence-corrected chi connectivity index (χ0v) is 13.9. The lowest BCUT2D eigenvalue weighted by molar-refractivity contribution is -0.132. The molecule has 1 N–H and O–H groups in total. The summed E-state index contributed by atoms with van der Waals surface area (Å²) in [5.74, 6) is 0.105. The van der Waals surface area contributed by atoms with Gasteiger partial charge in [-0.15, -0.1) is 6.58 Å². The van der Waals surface area contributed by atoms with Crippen LogP contribution in [0.1, 0.15) is 5.56 Å². The van der Waals surface area contributed by atoms with Crippen molar-refractivity contribution in [1.82, 2.24) is 15.1 Å². The first-order valence-electron chi connectivity index (χ1n) is 7.70. The van der Waals surface area contributed by atoms with E-state index in [0.717, 1.165) is 5.56 Å². The molecule has 0 spiro atoms. The molecule has 0 atom stereocenters. The van der Waals surface area contributed by atoms with Crippen LogP contribution >= 0.6 is 11.6 Å². The number of piperazine rings is 1.